The van der Waals surface area contributed by atoms with Gasteiger partial charge in [0.25, 0.3) is 6.43 Å². The average molecular weight is 412 g/mol. The second-order valence-electron chi connectivity index (χ2n) is 6.89. The molecule has 2 unspecified atom stereocenters. The van der Waals surface area contributed by atoms with E-state index in [2.05, 4.69) is 12.2 Å². The van der Waals surface area contributed by atoms with Gasteiger partial charge in [-0.3, -0.25) is 0 Å². The van der Waals surface area contributed by atoms with Crippen LogP contribution in [-0.4, -0.2) is 41.8 Å². The van der Waals surface area contributed by atoms with E-state index in [4.69, 9.17) is 15.6 Å². The van der Waals surface area contributed by atoms with E-state index in [1.54, 1.807) is 0 Å². The zero-order valence-corrected chi connectivity index (χ0v) is 16.7. The van der Waals surface area contributed by atoms with Crippen molar-refractivity contribution in [3.8, 4) is 0 Å². The van der Waals surface area contributed by atoms with E-state index >= 15 is 0 Å². The highest BCUT2D eigenvalue weighted by atomic mass is 19.3. The summed E-state index contributed by atoms with van der Waals surface area (Å²) in [5.74, 6) is -1.77. The number of unbranched alkanes of at least 4 members (excludes halogenated alkanes) is 2. The molecule has 0 fully saturated rings. The number of ether oxygens (including phenoxy) is 1. The maximum Gasteiger partial charge on any atom is 0.407 e. The molecule has 162 valence electrons. The van der Waals surface area contributed by atoms with Crippen LogP contribution >= 0.6 is 0 Å². The second-order valence-corrected chi connectivity index (χ2v) is 6.89. The summed E-state index contributed by atoms with van der Waals surface area (Å²) < 4.78 is 31.1. The van der Waals surface area contributed by atoms with Crippen LogP contribution in [0.15, 0.2) is 36.4 Å². The van der Waals surface area contributed by atoms with Gasteiger partial charge in [0.1, 0.15) is 6.10 Å². The number of aliphatic carboxylic acids is 1. The lowest BCUT2D eigenvalue weighted by Gasteiger charge is -2.23. The summed E-state index contributed by atoms with van der Waals surface area (Å²) in [5, 5.41) is 11.3. The molecular weight excluding hydrogens is 382 g/mol. The van der Waals surface area contributed by atoms with Crippen LogP contribution in [0.5, 0.6) is 0 Å². The molecule has 0 aliphatic carbocycles. The number of benzene rings is 1. The Morgan fingerprint density at radius 3 is 2.52 bits per heavy atom. The summed E-state index contributed by atoms with van der Waals surface area (Å²) in [6.07, 6.45) is 2.54. The fraction of sp³-hybridized carbons (Fsp3) is 0.524. The summed E-state index contributed by atoms with van der Waals surface area (Å²) in [4.78, 5) is 23.0. The van der Waals surface area contributed by atoms with Crippen molar-refractivity contribution >= 4 is 18.1 Å². The number of carbonyl (C=O) groups is 2. The lowest BCUT2D eigenvalue weighted by Crippen LogP contribution is -2.54. The number of carbonyl (C=O) groups excluding carboxylic acids is 1. The van der Waals surface area contributed by atoms with Gasteiger partial charge in [0.2, 0.25) is 0 Å². The van der Waals surface area contributed by atoms with E-state index in [1.165, 1.54) is 0 Å². The third-order valence-electron chi connectivity index (χ3n) is 4.48. The SMILES string of the molecule is CCCCCC(/C=C/c1ccccc1)OC(=O)NCCCC(N)(C(=O)O)C(F)F. The van der Waals surface area contributed by atoms with Crippen molar-refractivity contribution in [1.29, 1.82) is 0 Å². The molecule has 0 bridgehead atoms. The molecule has 2 atom stereocenters. The summed E-state index contributed by atoms with van der Waals surface area (Å²) in [6.45, 7) is 2.07. The Labute approximate surface area is 170 Å². The first-order valence-electron chi connectivity index (χ1n) is 9.77. The fourth-order valence-corrected chi connectivity index (χ4v) is 2.63. The van der Waals surface area contributed by atoms with Crippen LogP contribution in [0.25, 0.3) is 6.08 Å². The van der Waals surface area contributed by atoms with Gasteiger partial charge in [-0.25, -0.2) is 18.4 Å². The Balaban J connectivity index is 2.52. The minimum Gasteiger partial charge on any atom is -0.480 e. The standard InChI is InChI=1S/C21H30F2N2O4/c1-2-3-5-11-17(13-12-16-9-6-4-7-10-16)29-20(28)25-15-8-14-21(24,18(22)23)19(26)27/h4,6-7,9-10,12-13,17-18H,2-3,5,8,11,14-15,24H2,1H3,(H,25,28)(H,26,27)/b13-12+. The number of nitrogens with one attached hydrogen (secondary N) is 1. The van der Waals surface area contributed by atoms with Gasteiger partial charge in [-0.2, -0.15) is 0 Å². The van der Waals surface area contributed by atoms with Crippen LogP contribution in [0.1, 0.15) is 51.0 Å². The Morgan fingerprint density at radius 1 is 1.24 bits per heavy atom. The van der Waals surface area contributed by atoms with Gasteiger partial charge >= 0.3 is 12.1 Å². The highest BCUT2D eigenvalue weighted by molar-refractivity contribution is 5.79. The van der Waals surface area contributed by atoms with Gasteiger partial charge < -0.3 is 20.9 Å². The van der Waals surface area contributed by atoms with Crippen molar-refractivity contribution in [2.24, 2.45) is 5.73 Å². The Hall–Kier alpha value is -2.48. The molecule has 0 radical (unpaired) electrons. The molecule has 1 aromatic carbocycles. The quantitative estimate of drug-likeness (QED) is 0.422. The van der Waals surface area contributed by atoms with E-state index in [0.29, 0.717) is 6.42 Å². The van der Waals surface area contributed by atoms with Crippen LogP contribution in [0, 0.1) is 0 Å². The number of nitrogens with two attached hydrogens (primary N) is 1. The third kappa shape index (κ3) is 9.04. The third-order valence-corrected chi connectivity index (χ3v) is 4.48. The van der Waals surface area contributed by atoms with Crippen molar-refractivity contribution in [2.75, 3.05) is 6.54 Å². The molecule has 0 aliphatic heterocycles. The van der Waals surface area contributed by atoms with Gasteiger partial charge in [-0.1, -0.05) is 56.2 Å². The predicted molar refractivity (Wildman–Crippen MR) is 108 cm³/mol. The second kappa shape index (κ2) is 12.9. The molecule has 0 spiro atoms. The molecule has 1 amide bonds. The van der Waals surface area contributed by atoms with Crippen LogP contribution in [0.4, 0.5) is 13.6 Å². The van der Waals surface area contributed by atoms with Crippen molar-refractivity contribution in [2.45, 2.75) is 63.5 Å². The Morgan fingerprint density at radius 2 is 1.93 bits per heavy atom. The number of hydrogen-bond donors (Lipinski definition) is 3. The average Bonchev–Trinajstić information content (AvgIpc) is 2.69. The molecule has 8 heteroatoms. The molecule has 0 heterocycles. The maximum absolute atomic E-state index is 12.8. The smallest absolute Gasteiger partial charge is 0.407 e. The molecule has 4 N–H and O–H groups in total. The highest BCUT2D eigenvalue weighted by Gasteiger charge is 2.43. The zero-order valence-electron chi connectivity index (χ0n) is 16.7. The predicted octanol–water partition coefficient (Wildman–Crippen LogP) is 4.20. The number of halogens is 2. The van der Waals surface area contributed by atoms with E-state index in [-0.39, 0.29) is 13.0 Å². The normalized spacial score (nSPS) is 14.5. The zero-order chi connectivity index (χ0) is 21.7. The highest BCUT2D eigenvalue weighted by Crippen LogP contribution is 2.19. The number of carboxylic acids is 1. The Bertz CT molecular complexity index is 655. The number of rotatable bonds is 13. The van der Waals surface area contributed by atoms with Crippen molar-refractivity contribution < 1.29 is 28.2 Å². The monoisotopic (exact) mass is 412 g/mol. The largest absolute Gasteiger partial charge is 0.480 e. The molecule has 1 aromatic rings. The van der Waals surface area contributed by atoms with Gasteiger partial charge in [-0.05, 0) is 37.3 Å². The van der Waals surface area contributed by atoms with Crippen molar-refractivity contribution in [1.82, 2.24) is 5.32 Å². The number of alkyl carbamates (subject to hydrolysis) is 1. The lowest BCUT2D eigenvalue weighted by molar-refractivity contribution is -0.150. The molecule has 0 aliphatic rings. The molecular formula is C21H30F2N2O4. The van der Waals surface area contributed by atoms with Crippen molar-refractivity contribution in [3.63, 3.8) is 0 Å². The minimum atomic E-state index is -3.20. The van der Waals surface area contributed by atoms with Crippen LogP contribution in [-0.2, 0) is 9.53 Å². The van der Waals surface area contributed by atoms with Crippen LogP contribution < -0.4 is 11.1 Å². The molecule has 29 heavy (non-hydrogen) atoms. The lowest BCUT2D eigenvalue weighted by atomic mass is 9.95. The Kier molecular flexibility index (Phi) is 10.9. The van der Waals surface area contributed by atoms with Crippen molar-refractivity contribution in [3.05, 3.63) is 42.0 Å². The number of amides is 1. The molecule has 0 saturated heterocycles. The molecule has 0 aromatic heterocycles. The summed E-state index contributed by atoms with van der Waals surface area (Å²) in [5.41, 5.74) is 3.61. The number of carboxylic acid groups (broad SMARTS) is 1. The van der Waals surface area contributed by atoms with Gasteiger partial charge in [0, 0.05) is 6.54 Å². The van der Waals surface area contributed by atoms with Crippen LogP contribution in [0.2, 0.25) is 0 Å². The first-order chi connectivity index (χ1) is 13.8. The fourth-order valence-electron chi connectivity index (χ4n) is 2.63. The van der Waals surface area contributed by atoms with E-state index in [0.717, 1.165) is 24.8 Å². The van der Waals surface area contributed by atoms with E-state index in [1.807, 2.05) is 42.5 Å². The first-order valence-corrected chi connectivity index (χ1v) is 9.77. The molecule has 6 nitrogen and oxygen atoms in total. The van der Waals surface area contributed by atoms with Gasteiger partial charge in [-0.15, -0.1) is 0 Å². The summed E-state index contributed by atoms with van der Waals surface area (Å²) in [7, 11) is 0. The minimum absolute atomic E-state index is 0.0113. The summed E-state index contributed by atoms with van der Waals surface area (Å²) >= 11 is 0. The van der Waals surface area contributed by atoms with Crippen LogP contribution in [0.3, 0.4) is 0 Å². The topological polar surface area (TPSA) is 102 Å². The van der Waals surface area contributed by atoms with E-state index in [9.17, 15) is 18.4 Å². The van der Waals surface area contributed by atoms with Gasteiger partial charge in [0.05, 0.1) is 0 Å². The number of alkyl halides is 2. The van der Waals surface area contributed by atoms with E-state index < -0.39 is 36.6 Å². The molecule has 1 rings (SSSR count). The maximum atomic E-state index is 12.8. The molecule has 0 saturated carbocycles. The summed E-state index contributed by atoms with van der Waals surface area (Å²) in [6, 6.07) is 9.60. The number of hydrogen-bond acceptors (Lipinski definition) is 4. The van der Waals surface area contributed by atoms with Gasteiger partial charge in [0.15, 0.2) is 5.54 Å². The first kappa shape index (κ1) is 24.6.